The van der Waals surface area contributed by atoms with E-state index in [9.17, 15) is 18.4 Å². The van der Waals surface area contributed by atoms with Crippen LogP contribution in [0.3, 0.4) is 0 Å². The van der Waals surface area contributed by atoms with Crippen LogP contribution in [-0.2, 0) is 4.79 Å². The van der Waals surface area contributed by atoms with Crippen molar-refractivity contribution in [2.75, 3.05) is 39.3 Å². The molecule has 2 fully saturated rings. The molecule has 0 spiro atoms. The molecule has 2 amide bonds. The summed E-state index contributed by atoms with van der Waals surface area (Å²) in [4.78, 5) is 31.4. The minimum absolute atomic E-state index is 0.0780. The minimum Gasteiger partial charge on any atom is -0.336 e. The van der Waals surface area contributed by atoms with Crippen LogP contribution in [0.5, 0.6) is 0 Å². The first-order valence-corrected chi connectivity index (χ1v) is 11.9. The van der Waals surface area contributed by atoms with Gasteiger partial charge in [-0.05, 0) is 42.3 Å². The van der Waals surface area contributed by atoms with Crippen molar-refractivity contribution in [1.29, 1.82) is 0 Å². The van der Waals surface area contributed by atoms with E-state index in [0.717, 1.165) is 12.0 Å². The number of benzene rings is 2. The van der Waals surface area contributed by atoms with E-state index >= 15 is 0 Å². The van der Waals surface area contributed by atoms with Gasteiger partial charge in [0.1, 0.15) is 17.0 Å². The number of rotatable bonds is 6. The first kappa shape index (κ1) is 22.7. The quantitative estimate of drug-likeness (QED) is 0.660. The highest BCUT2D eigenvalue weighted by molar-refractivity contribution is 8.01. The van der Waals surface area contributed by atoms with Gasteiger partial charge in [-0.15, -0.1) is 11.8 Å². The molecule has 2 saturated heterocycles. The van der Waals surface area contributed by atoms with E-state index in [2.05, 4.69) is 4.90 Å². The molecule has 5 nitrogen and oxygen atoms in total. The third kappa shape index (κ3) is 4.96. The van der Waals surface area contributed by atoms with Gasteiger partial charge in [0, 0.05) is 44.8 Å². The van der Waals surface area contributed by atoms with Crippen molar-refractivity contribution < 1.29 is 18.4 Å². The summed E-state index contributed by atoms with van der Waals surface area (Å²) in [6.07, 6.45) is 0.762. The Morgan fingerprint density at radius 3 is 2.38 bits per heavy atom. The molecular weight excluding hydrogens is 432 g/mol. The number of thioether (sulfide) groups is 1. The van der Waals surface area contributed by atoms with Crippen LogP contribution in [-0.4, -0.2) is 71.0 Å². The number of halogens is 2. The van der Waals surface area contributed by atoms with Gasteiger partial charge in [0.05, 0.1) is 5.25 Å². The van der Waals surface area contributed by atoms with Crippen LogP contribution in [0.15, 0.2) is 48.5 Å². The van der Waals surface area contributed by atoms with Crippen molar-refractivity contribution in [2.24, 2.45) is 0 Å². The number of hydrogen-bond acceptors (Lipinski definition) is 4. The SMILES string of the molecule is CC[C@@H]1S[C@H](c2ccc(F)cc2)N(CCN2CCN(C(=O)c3cccc(F)c3)CC2)C1=O. The Morgan fingerprint density at radius 2 is 1.72 bits per heavy atom. The zero-order chi connectivity index (χ0) is 22.7. The molecular formula is C24H27F2N3O2S. The predicted octanol–water partition coefficient (Wildman–Crippen LogP) is 3.78. The summed E-state index contributed by atoms with van der Waals surface area (Å²) in [7, 11) is 0. The van der Waals surface area contributed by atoms with E-state index in [0.29, 0.717) is 44.8 Å². The number of nitrogens with zero attached hydrogens (tertiary/aromatic N) is 3. The highest BCUT2D eigenvalue weighted by Crippen LogP contribution is 2.44. The fourth-order valence-corrected chi connectivity index (χ4v) is 5.63. The predicted molar refractivity (Wildman–Crippen MR) is 121 cm³/mol. The van der Waals surface area contributed by atoms with Gasteiger partial charge in [-0.2, -0.15) is 0 Å². The highest BCUT2D eigenvalue weighted by atomic mass is 32.2. The van der Waals surface area contributed by atoms with E-state index in [1.807, 2.05) is 11.8 Å². The molecule has 2 aliphatic heterocycles. The van der Waals surface area contributed by atoms with Crippen LogP contribution < -0.4 is 0 Å². The lowest BCUT2D eigenvalue weighted by atomic mass is 10.1. The second-order valence-corrected chi connectivity index (χ2v) is 9.40. The number of amides is 2. The maximum atomic E-state index is 13.4. The topological polar surface area (TPSA) is 43.9 Å². The maximum Gasteiger partial charge on any atom is 0.254 e. The third-order valence-corrected chi connectivity index (χ3v) is 7.70. The maximum absolute atomic E-state index is 13.4. The van der Waals surface area contributed by atoms with E-state index in [-0.39, 0.29) is 28.3 Å². The summed E-state index contributed by atoms with van der Waals surface area (Å²) in [6, 6.07) is 12.2. The molecule has 0 bridgehead atoms. The second kappa shape index (κ2) is 10.0. The first-order valence-electron chi connectivity index (χ1n) is 10.9. The molecule has 2 aromatic carbocycles. The van der Waals surface area contributed by atoms with E-state index in [1.54, 1.807) is 40.9 Å². The van der Waals surface area contributed by atoms with Gasteiger partial charge in [-0.1, -0.05) is 25.1 Å². The molecule has 0 aromatic heterocycles. The number of piperazine rings is 1. The smallest absolute Gasteiger partial charge is 0.254 e. The van der Waals surface area contributed by atoms with Crippen molar-refractivity contribution in [3.63, 3.8) is 0 Å². The molecule has 2 aromatic rings. The molecule has 0 saturated carbocycles. The van der Waals surface area contributed by atoms with Crippen molar-refractivity contribution in [1.82, 2.24) is 14.7 Å². The summed E-state index contributed by atoms with van der Waals surface area (Å²) < 4.78 is 26.8. The zero-order valence-corrected chi connectivity index (χ0v) is 18.9. The Hall–Kier alpha value is -2.45. The molecule has 0 radical (unpaired) electrons. The fourth-order valence-electron chi connectivity index (χ4n) is 4.20. The normalized spacial score (nSPS) is 21.9. The summed E-state index contributed by atoms with van der Waals surface area (Å²) in [6.45, 7) is 5.84. The Labute approximate surface area is 191 Å². The number of carbonyl (C=O) groups is 2. The molecule has 32 heavy (non-hydrogen) atoms. The molecule has 170 valence electrons. The summed E-state index contributed by atoms with van der Waals surface area (Å²) in [5.41, 5.74) is 1.30. The Bertz CT molecular complexity index is 964. The molecule has 4 rings (SSSR count). The average Bonchev–Trinajstić information content (AvgIpc) is 3.13. The molecule has 2 heterocycles. The summed E-state index contributed by atoms with van der Waals surface area (Å²) in [5.74, 6) is -0.722. The molecule has 0 N–H and O–H groups in total. The van der Waals surface area contributed by atoms with E-state index in [4.69, 9.17) is 0 Å². The van der Waals surface area contributed by atoms with Gasteiger partial charge in [0.2, 0.25) is 5.91 Å². The molecule has 2 atom stereocenters. The Kier molecular flexibility index (Phi) is 7.10. The second-order valence-electron chi connectivity index (χ2n) is 8.11. The van der Waals surface area contributed by atoms with Crippen molar-refractivity contribution >= 4 is 23.6 Å². The molecule has 0 aliphatic carbocycles. The van der Waals surface area contributed by atoms with Crippen LogP contribution >= 0.6 is 11.8 Å². The Balaban J connectivity index is 1.34. The van der Waals surface area contributed by atoms with Gasteiger partial charge in [0.15, 0.2) is 0 Å². The fraction of sp³-hybridized carbons (Fsp3) is 0.417. The molecule has 8 heteroatoms. The zero-order valence-electron chi connectivity index (χ0n) is 18.0. The van der Waals surface area contributed by atoms with Crippen molar-refractivity contribution in [2.45, 2.75) is 24.0 Å². The van der Waals surface area contributed by atoms with Crippen LogP contribution in [0.4, 0.5) is 8.78 Å². The van der Waals surface area contributed by atoms with Gasteiger partial charge >= 0.3 is 0 Å². The number of hydrogen-bond donors (Lipinski definition) is 0. The van der Waals surface area contributed by atoms with Gasteiger partial charge in [-0.3, -0.25) is 14.5 Å². The molecule has 2 aliphatic rings. The van der Waals surface area contributed by atoms with Crippen LogP contribution in [0.25, 0.3) is 0 Å². The highest BCUT2D eigenvalue weighted by Gasteiger charge is 2.40. The number of carbonyl (C=O) groups excluding carboxylic acids is 2. The lowest BCUT2D eigenvalue weighted by molar-refractivity contribution is -0.130. The van der Waals surface area contributed by atoms with E-state index < -0.39 is 5.82 Å². The van der Waals surface area contributed by atoms with Crippen LogP contribution in [0.1, 0.15) is 34.6 Å². The van der Waals surface area contributed by atoms with Crippen LogP contribution in [0, 0.1) is 11.6 Å². The Morgan fingerprint density at radius 1 is 1.00 bits per heavy atom. The largest absolute Gasteiger partial charge is 0.336 e. The first-order chi connectivity index (χ1) is 15.5. The van der Waals surface area contributed by atoms with Crippen LogP contribution in [0.2, 0.25) is 0 Å². The summed E-state index contributed by atoms with van der Waals surface area (Å²) in [5, 5.41) is -0.185. The van der Waals surface area contributed by atoms with Crippen molar-refractivity contribution in [3.05, 3.63) is 71.3 Å². The third-order valence-electron chi connectivity index (χ3n) is 6.05. The monoisotopic (exact) mass is 459 g/mol. The van der Waals surface area contributed by atoms with Gasteiger partial charge < -0.3 is 9.80 Å². The average molecular weight is 460 g/mol. The van der Waals surface area contributed by atoms with Gasteiger partial charge in [-0.25, -0.2) is 8.78 Å². The minimum atomic E-state index is -0.413. The van der Waals surface area contributed by atoms with E-state index in [1.165, 1.54) is 24.3 Å². The lowest BCUT2D eigenvalue weighted by Crippen LogP contribution is -2.50. The molecule has 0 unspecified atom stereocenters. The van der Waals surface area contributed by atoms with Gasteiger partial charge in [0.25, 0.3) is 5.91 Å². The lowest BCUT2D eigenvalue weighted by Gasteiger charge is -2.36. The summed E-state index contributed by atoms with van der Waals surface area (Å²) >= 11 is 1.63. The van der Waals surface area contributed by atoms with Crippen molar-refractivity contribution in [3.8, 4) is 0 Å². The standard InChI is InChI=1S/C24H27F2N3O2S/c1-2-21-23(31)29(24(32-21)17-6-8-19(25)9-7-17)15-12-27-10-13-28(14-11-27)22(30)18-4-3-5-20(26)16-18/h3-9,16,21,24H,2,10-15H2,1H3/t21-,24+/m0/s1.